The summed E-state index contributed by atoms with van der Waals surface area (Å²) in [5.74, 6) is 0.885. The van der Waals surface area contributed by atoms with Crippen LogP contribution in [-0.4, -0.2) is 21.6 Å². The Balaban J connectivity index is 1.62. The highest BCUT2D eigenvalue weighted by molar-refractivity contribution is 8.00. The fourth-order valence-corrected chi connectivity index (χ4v) is 5.09. The van der Waals surface area contributed by atoms with Crippen LogP contribution in [0.4, 0.5) is 5.69 Å². The van der Waals surface area contributed by atoms with Crippen molar-refractivity contribution >= 4 is 57.4 Å². The van der Waals surface area contributed by atoms with Crippen molar-refractivity contribution in [3.63, 3.8) is 0 Å². The number of thioether (sulfide) groups is 1. The van der Waals surface area contributed by atoms with Gasteiger partial charge in [0.25, 0.3) is 5.91 Å². The van der Waals surface area contributed by atoms with Crippen LogP contribution in [-0.2, 0) is 10.8 Å². The fourth-order valence-electron chi connectivity index (χ4n) is 2.46. The number of anilines is 1. The Morgan fingerprint density at radius 1 is 0.929 bits per heavy atom. The number of carbonyl (C=O) groups is 1. The SMILES string of the molecule is O=C(Nc1ccccc1SCCS(=O)c1ccc(Cl)cc1)c1ccccc1Cl. The summed E-state index contributed by atoms with van der Waals surface area (Å²) >= 11 is 13.5. The van der Waals surface area contributed by atoms with Crippen LogP contribution in [0.1, 0.15) is 10.4 Å². The molecule has 0 aliphatic carbocycles. The van der Waals surface area contributed by atoms with Gasteiger partial charge in [-0.05, 0) is 48.5 Å². The van der Waals surface area contributed by atoms with Gasteiger partial charge in [-0.25, -0.2) is 0 Å². The average molecular weight is 450 g/mol. The molecule has 0 saturated heterocycles. The summed E-state index contributed by atoms with van der Waals surface area (Å²) in [6, 6.07) is 21.5. The van der Waals surface area contributed by atoms with E-state index in [4.69, 9.17) is 23.2 Å². The van der Waals surface area contributed by atoms with Crippen LogP contribution in [0.25, 0.3) is 0 Å². The lowest BCUT2D eigenvalue weighted by Crippen LogP contribution is -2.13. The Labute approximate surface area is 180 Å². The zero-order valence-electron chi connectivity index (χ0n) is 14.7. The van der Waals surface area contributed by atoms with Gasteiger partial charge in [0.2, 0.25) is 0 Å². The Kier molecular flexibility index (Phi) is 7.57. The van der Waals surface area contributed by atoms with Gasteiger partial charge in [-0.3, -0.25) is 9.00 Å². The first-order valence-corrected chi connectivity index (χ1v) is 11.5. The van der Waals surface area contributed by atoms with Crippen LogP contribution >= 0.6 is 35.0 Å². The Morgan fingerprint density at radius 2 is 1.61 bits per heavy atom. The van der Waals surface area contributed by atoms with Gasteiger partial charge in [0.05, 0.1) is 27.1 Å². The summed E-state index contributed by atoms with van der Waals surface area (Å²) < 4.78 is 12.4. The van der Waals surface area contributed by atoms with Crippen molar-refractivity contribution in [3.8, 4) is 0 Å². The summed E-state index contributed by atoms with van der Waals surface area (Å²) in [5, 5.41) is 3.94. The molecule has 0 saturated carbocycles. The first-order valence-electron chi connectivity index (χ1n) is 8.46. The highest BCUT2D eigenvalue weighted by Gasteiger charge is 2.12. The molecule has 0 aliphatic rings. The molecule has 7 heteroatoms. The second-order valence-electron chi connectivity index (χ2n) is 5.78. The average Bonchev–Trinajstić information content (AvgIpc) is 2.70. The first kappa shape index (κ1) is 20.9. The quantitative estimate of drug-likeness (QED) is 0.440. The minimum absolute atomic E-state index is 0.261. The number of hydrogen-bond donors (Lipinski definition) is 1. The molecule has 3 rings (SSSR count). The summed E-state index contributed by atoms with van der Waals surface area (Å²) in [6.07, 6.45) is 0. The van der Waals surface area contributed by atoms with E-state index in [0.717, 1.165) is 9.79 Å². The third kappa shape index (κ3) is 5.61. The van der Waals surface area contributed by atoms with Gasteiger partial charge in [-0.15, -0.1) is 11.8 Å². The molecule has 3 aromatic carbocycles. The van der Waals surface area contributed by atoms with Crippen LogP contribution in [0.2, 0.25) is 10.0 Å². The van der Waals surface area contributed by atoms with E-state index in [1.165, 1.54) is 0 Å². The second-order valence-corrected chi connectivity index (χ2v) is 9.33. The maximum atomic E-state index is 12.5. The Hall–Kier alpha value is -1.79. The molecule has 1 unspecified atom stereocenters. The third-order valence-corrected chi connectivity index (χ3v) is 7.14. The Bertz CT molecular complexity index is 994. The van der Waals surface area contributed by atoms with Crippen LogP contribution in [0.3, 0.4) is 0 Å². The van der Waals surface area contributed by atoms with Gasteiger partial charge in [-0.1, -0.05) is 47.5 Å². The van der Waals surface area contributed by atoms with Crippen molar-refractivity contribution in [3.05, 3.63) is 88.4 Å². The summed E-state index contributed by atoms with van der Waals surface area (Å²) in [6.45, 7) is 0. The molecular weight excluding hydrogens is 433 g/mol. The maximum Gasteiger partial charge on any atom is 0.257 e. The fraction of sp³-hybridized carbons (Fsp3) is 0.0952. The lowest BCUT2D eigenvalue weighted by Gasteiger charge is -2.11. The highest BCUT2D eigenvalue weighted by atomic mass is 35.5. The van der Waals surface area contributed by atoms with Crippen LogP contribution in [0.5, 0.6) is 0 Å². The molecule has 0 bridgehead atoms. The molecule has 1 amide bonds. The number of rotatable bonds is 7. The molecule has 0 aliphatic heterocycles. The van der Waals surface area contributed by atoms with Crippen LogP contribution < -0.4 is 5.32 Å². The largest absolute Gasteiger partial charge is 0.321 e. The van der Waals surface area contributed by atoms with Crippen molar-refractivity contribution < 1.29 is 9.00 Å². The number of carbonyl (C=O) groups excluding carboxylic acids is 1. The summed E-state index contributed by atoms with van der Waals surface area (Å²) in [4.78, 5) is 14.2. The molecule has 28 heavy (non-hydrogen) atoms. The van der Waals surface area contributed by atoms with Crippen LogP contribution in [0.15, 0.2) is 82.6 Å². The van der Waals surface area contributed by atoms with Crippen molar-refractivity contribution in [1.82, 2.24) is 0 Å². The molecule has 0 fully saturated rings. The summed E-state index contributed by atoms with van der Waals surface area (Å²) in [5.41, 5.74) is 1.13. The van der Waals surface area contributed by atoms with E-state index in [0.29, 0.717) is 32.8 Å². The van der Waals surface area contributed by atoms with Crippen molar-refractivity contribution in [2.75, 3.05) is 16.8 Å². The molecule has 0 spiro atoms. The number of para-hydroxylation sites is 1. The lowest BCUT2D eigenvalue weighted by molar-refractivity contribution is 0.102. The maximum absolute atomic E-state index is 12.5. The number of benzene rings is 3. The predicted octanol–water partition coefficient (Wildman–Crippen LogP) is 6.15. The zero-order chi connectivity index (χ0) is 19.9. The molecule has 1 N–H and O–H groups in total. The molecular formula is C21H17Cl2NO2S2. The molecule has 144 valence electrons. The predicted molar refractivity (Wildman–Crippen MR) is 119 cm³/mol. The monoisotopic (exact) mass is 449 g/mol. The highest BCUT2D eigenvalue weighted by Crippen LogP contribution is 2.28. The van der Waals surface area contributed by atoms with Crippen molar-refractivity contribution in [2.45, 2.75) is 9.79 Å². The number of hydrogen-bond acceptors (Lipinski definition) is 3. The number of amides is 1. The molecule has 3 aromatic rings. The van der Waals surface area contributed by atoms with Crippen molar-refractivity contribution in [1.29, 1.82) is 0 Å². The van der Waals surface area contributed by atoms with Gasteiger partial charge in [0.15, 0.2) is 0 Å². The standard InChI is InChI=1S/C21H17Cl2NO2S2/c22-15-9-11-16(12-10-15)28(26)14-13-27-20-8-4-3-7-19(20)24-21(25)17-5-1-2-6-18(17)23/h1-12H,13-14H2,(H,24,25). The van der Waals surface area contributed by atoms with Crippen LogP contribution in [0, 0.1) is 0 Å². The van der Waals surface area contributed by atoms with Gasteiger partial charge in [0.1, 0.15) is 0 Å². The second kappa shape index (κ2) is 10.1. The Morgan fingerprint density at radius 3 is 2.36 bits per heavy atom. The molecule has 0 radical (unpaired) electrons. The third-order valence-electron chi connectivity index (χ3n) is 3.86. The topological polar surface area (TPSA) is 46.2 Å². The number of halogens is 2. The summed E-state index contributed by atoms with van der Waals surface area (Å²) in [7, 11) is -1.10. The number of nitrogens with one attached hydrogen (secondary N) is 1. The van der Waals surface area contributed by atoms with Crippen molar-refractivity contribution in [2.24, 2.45) is 0 Å². The van der Waals surface area contributed by atoms with E-state index < -0.39 is 10.8 Å². The van der Waals surface area contributed by atoms with E-state index in [2.05, 4.69) is 5.32 Å². The zero-order valence-corrected chi connectivity index (χ0v) is 17.9. The van der Waals surface area contributed by atoms with E-state index in [-0.39, 0.29) is 5.91 Å². The lowest BCUT2D eigenvalue weighted by atomic mass is 10.2. The smallest absolute Gasteiger partial charge is 0.257 e. The molecule has 0 heterocycles. The van der Waals surface area contributed by atoms with Gasteiger partial charge in [-0.2, -0.15) is 0 Å². The van der Waals surface area contributed by atoms with E-state index in [1.54, 1.807) is 60.3 Å². The van der Waals surface area contributed by atoms with E-state index >= 15 is 0 Å². The first-order chi connectivity index (χ1) is 13.5. The molecule has 3 nitrogen and oxygen atoms in total. The minimum Gasteiger partial charge on any atom is -0.321 e. The van der Waals surface area contributed by atoms with Gasteiger partial charge >= 0.3 is 0 Å². The van der Waals surface area contributed by atoms with Gasteiger partial charge in [0, 0.05) is 26.3 Å². The minimum atomic E-state index is -1.10. The van der Waals surface area contributed by atoms with E-state index in [1.807, 2.05) is 24.3 Å². The normalized spacial score (nSPS) is 11.8. The van der Waals surface area contributed by atoms with E-state index in [9.17, 15) is 9.00 Å². The van der Waals surface area contributed by atoms with Gasteiger partial charge < -0.3 is 5.32 Å². The molecule has 1 atom stereocenters. The molecule has 0 aromatic heterocycles.